The van der Waals surface area contributed by atoms with E-state index in [1.165, 1.54) is 19.3 Å². The Balaban J connectivity index is 2.20. The van der Waals surface area contributed by atoms with Gasteiger partial charge in [0.1, 0.15) is 0 Å². The summed E-state index contributed by atoms with van der Waals surface area (Å²) in [5, 5.41) is 3.60. The zero-order valence-corrected chi connectivity index (χ0v) is 8.47. The van der Waals surface area contributed by atoms with Gasteiger partial charge in [-0.15, -0.1) is 0 Å². The average Bonchev–Trinajstić information content (AvgIpc) is 2.37. The van der Waals surface area contributed by atoms with E-state index >= 15 is 0 Å². The van der Waals surface area contributed by atoms with E-state index in [1.807, 2.05) is 0 Å². The van der Waals surface area contributed by atoms with Gasteiger partial charge in [0.05, 0.1) is 6.10 Å². The zero-order valence-electron chi connectivity index (χ0n) is 8.47. The first kappa shape index (κ1) is 10.0. The van der Waals surface area contributed by atoms with Crippen molar-refractivity contribution in [2.45, 2.75) is 58.2 Å². The first-order valence-corrected chi connectivity index (χ1v) is 5.11. The van der Waals surface area contributed by atoms with Gasteiger partial charge in [-0.1, -0.05) is 13.3 Å². The van der Waals surface area contributed by atoms with Gasteiger partial charge in [-0.3, -0.25) is 0 Å². The highest BCUT2D eigenvalue weighted by molar-refractivity contribution is 4.81. The molecule has 1 N–H and O–H groups in total. The average molecular weight is 171 g/mol. The lowest BCUT2D eigenvalue weighted by Gasteiger charge is -2.21. The molecule has 0 aromatic carbocycles. The van der Waals surface area contributed by atoms with Crippen LogP contribution in [0.2, 0.25) is 0 Å². The number of hydrogen-bond donors (Lipinski definition) is 1. The summed E-state index contributed by atoms with van der Waals surface area (Å²) in [4.78, 5) is 0. The molecule has 1 rings (SSSR count). The Morgan fingerprint density at radius 2 is 2.33 bits per heavy atom. The van der Waals surface area contributed by atoms with Crippen LogP contribution in [0, 0.1) is 0 Å². The fraction of sp³-hybridized carbons (Fsp3) is 1.00. The summed E-state index contributed by atoms with van der Waals surface area (Å²) >= 11 is 0. The molecule has 1 aliphatic heterocycles. The molecule has 1 aliphatic rings. The Hall–Kier alpha value is -0.0800. The lowest BCUT2D eigenvalue weighted by atomic mass is 10.1. The molecule has 0 aromatic heterocycles. The van der Waals surface area contributed by atoms with Crippen molar-refractivity contribution >= 4 is 0 Å². The maximum absolute atomic E-state index is 5.48. The molecule has 72 valence electrons. The predicted molar refractivity (Wildman–Crippen MR) is 51.3 cm³/mol. The Bertz CT molecular complexity index is 127. The molecular weight excluding hydrogens is 150 g/mol. The zero-order chi connectivity index (χ0) is 8.97. The van der Waals surface area contributed by atoms with Crippen molar-refractivity contribution in [2.24, 2.45) is 0 Å². The highest BCUT2D eigenvalue weighted by Gasteiger charge is 2.24. The van der Waals surface area contributed by atoms with Gasteiger partial charge in [0, 0.05) is 18.7 Å². The summed E-state index contributed by atoms with van der Waals surface area (Å²) < 4.78 is 5.48. The van der Waals surface area contributed by atoms with Gasteiger partial charge < -0.3 is 10.1 Å². The second kappa shape index (κ2) is 4.83. The first-order chi connectivity index (χ1) is 5.74. The van der Waals surface area contributed by atoms with Crippen LogP contribution < -0.4 is 5.32 Å². The number of rotatable bonds is 4. The number of ether oxygens (including phenoxy) is 1. The van der Waals surface area contributed by atoms with Gasteiger partial charge in [0.15, 0.2) is 0 Å². The monoisotopic (exact) mass is 171 g/mol. The normalized spacial score (nSPS) is 32.2. The van der Waals surface area contributed by atoms with E-state index in [-0.39, 0.29) is 0 Å². The van der Waals surface area contributed by atoms with Crippen molar-refractivity contribution in [3.05, 3.63) is 0 Å². The fourth-order valence-corrected chi connectivity index (χ4v) is 1.83. The van der Waals surface area contributed by atoms with Crippen molar-refractivity contribution in [1.82, 2.24) is 5.32 Å². The molecule has 0 spiro atoms. The molecule has 0 aliphatic carbocycles. The maximum atomic E-state index is 5.48. The molecule has 1 heterocycles. The van der Waals surface area contributed by atoms with Crippen molar-refractivity contribution in [3.63, 3.8) is 0 Å². The van der Waals surface area contributed by atoms with Gasteiger partial charge in [-0.25, -0.2) is 0 Å². The van der Waals surface area contributed by atoms with E-state index in [1.54, 1.807) is 0 Å². The highest BCUT2D eigenvalue weighted by Crippen LogP contribution is 2.13. The smallest absolute Gasteiger partial charge is 0.0700 e. The van der Waals surface area contributed by atoms with Crippen LogP contribution in [0.25, 0.3) is 0 Å². The van der Waals surface area contributed by atoms with Gasteiger partial charge in [0.2, 0.25) is 0 Å². The van der Waals surface area contributed by atoms with Crippen LogP contribution in [0.5, 0.6) is 0 Å². The summed E-state index contributed by atoms with van der Waals surface area (Å²) in [7, 11) is 0. The molecule has 0 radical (unpaired) electrons. The number of hydrogen-bond acceptors (Lipinski definition) is 2. The molecule has 1 fully saturated rings. The second-order valence-corrected chi connectivity index (χ2v) is 3.83. The minimum atomic E-state index is 0.407. The van der Waals surface area contributed by atoms with Crippen molar-refractivity contribution in [2.75, 3.05) is 6.61 Å². The summed E-state index contributed by atoms with van der Waals surface area (Å²) in [6.07, 6.45) is 4.11. The largest absolute Gasteiger partial charge is 0.377 e. The molecule has 0 amide bonds. The lowest BCUT2D eigenvalue weighted by molar-refractivity contribution is 0.111. The Morgan fingerprint density at radius 1 is 1.58 bits per heavy atom. The van der Waals surface area contributed by atoms with Crippen LogP contribution in [0.15, 0.2) is 0 Å². The summed E-state index contributed by atoms with van der Waals surface area (Å²) in [5.41, 5.74) is 0. The second-order valence-electron chi connectivity index (χ2n) is 3.83. The molecule has 0 bridgehead atoms. The summed E-state index contributed by atoms with van der Waals surface area (Å²) in [6, 6.07) is 1.23. The van der Waals surface area contributed by atoms with Crippen molar-refractivity contribution in [1.29, 1.82) is 0 Å². The van der Waals surface area contributed by atoms with Gasteiger partial charge in [-0.2, -0.15) is 0 Å². The summed E-state index contributed by atoms with van der Waals surface area (Å²) in [5.74, 6) is 0. The maximum Gasteiger partial charge on any atom is 0.0700 e. The summed E-state index contributed by atoms with van der Waals surface area (Å²) in [6.45, 7) is 7.57. The Morgan fingerprint density at radius 3 is 2.83 bits per heavy atom. The minimum Gasteiger partial charge on any atom is -0.377 e. The molecule has 2 heteroatoms. The van der Waals surface area contributed by atoms with Crippen LogP contribution in [-0.2, 0) is 4.74 Å². The SMILES string of the molecule is CCCC(C)NC1CCOC1C. The van der Waals surface area contributed by atoms with E-state index in [0.717, 1.165) is 6.61 Å². The van der Waals surface area contributed by atoms with Gasteiger partial charge in [-0.05, 0) is 26.7 Å². The van der Waals surface area contributed by atoms with E-state index in [0.29, 0.717) is 18.2 Å². The molecule has 1 saturated heterocycles. The van der Waals surface area contributed by atoms with Gasteiger partial charge >= 0.3 is 0 Å². The molecule has 3 unspecified atom stereocenters. The highest BCUT2D eigenvalue weighted by atomic mass is 16.5. The third kappa shape index (κ3) is 2.76. The molecule has 0 aromatic rings. The van der Waals surface area contributed by atoms with Crippen LogP contribution in [0.3, 0.4) is 0 Å². The topological polar surface area (TPSA) is 21.3 Å². The van der Waals surface area contributed by atoms with Crippen molar-refractivity contribution < 1.29 is 4.74 Å². The van der Waals surface area contributed by atoms with E-state index in [9.17, 15) is 0 Å². The Kier molecular flexibility index (Phi) is 4.02. The van der Waals surface area contributed by atoms with Crippen LogP contribution >= 0.6 is 0 Å². The number of nitrogens with one attached hydrogen (secondary N) is 1. The molecule has 2 nitrogen and oxygen atoms in total. The van der Waals surface area contributed by atoms with Crippen LogP contribution in [0.4, 0.5) is 0 Å². The van der Waals surface area contributed by atoms with Crippen molar-refractivity contribution in [3.8, 4) is 0 Å². The molecular formula is C10H21NO. The van der Waals surface area contributed by atoms with Crippen LogP contribution in [-0.4, -0.2) is 24.8 Å². The van der Waals surface area contributed by atoms with E-state index in [4.69, 9.17) is 4.74 Å². The minimum absolute atomic E-state index is 0.407. The molecule has 3 atom stereocenters. The molecule has 12 heavy (non-hydrogen) atoms. The predicted octanol–water partition coefficient (Wildman–Crippen LogP) is 1.94. The van der Waals surface area contributed by atoms with Crippen LogP contribution in [0.1, 0.15) is 40.0 Å². The Labute approximate surface area is 75.7 Å². The standard InChI is InChI=1S/C10H21NO/c1-4-5-8(2)11-10-6-7-12-9(10)3/h8-11H,4-7H2,1-3H3. The third-order valence-electron chi connectivity index (χ3n) is 2.60. The third-order valence-corrected chi connectivity index (χ3v) is 2.60. The van der Waals surface area contributed by atoms with E-state index < -0.39 is 0 Å². The molecule has 0 saturated carbocycles. The quantitative estimate of drug-likeness (QED) is 0.698. The lowest BCUT2D eigenvalue weighted by Crippen LogP contribution is -2.40. The van der Waals surface area contributed by atoms with E-state index in [2.05, 4.69) is 26.1 Å². The fourth-order valence-electron chi connectivity index (χ4n) is 1.83. The first-order valence-electron chi connectivity index (χ1n) is 5.11. The van der Waals surface area contributed by atoms with Gasteiger partial charge in [0.25, 0.3) is 0 Å².